The van der Waals surface area contributed by atoms with E-state index in [9.17, 15) is 14.4 Å². The molecule has 0 unspecified atom stereocenters. The normalized spacial score (nSPS) is 19.7. The number of nitrogens with zero attached hydrogens (tertiary/aromatic N) is 1. The highest BCUT2D eigenvalue weighted by atomic mass is 16.4. The molecule has 3 N–H and O–H groups in total. The van der Waals surface area contributed by atoms with Gasteiger partial charge in [-0.2, -0.15) is 5.26 Å². The number of hydrogen-bond donors (Lipinski definition) is 3. The average molecular weight is 253 g/mol. The fourth-order valence-corrected chi connectivity index (χ4v) is 1.73. The van der Waals surface area contributed by atoms with E-state index in [4.69, 9.17) is 10.4 Å². The van der Waals surface area contributed by atoms with Crippen molar-refractivity contribution in [2.45, 2.75) is 44.2 Å². The Balaban J connectivity index is 2.45. The van der Waals surface area contributed by atoms with Gasteiger partial charge in [-0.05, 0) is 19.3 Å². The molecule has 1 rings (SSSR count). The van der Waals surface area contributed by atoms with E-state index in [0.29, 0.717) is 12.8 Å². The Morgan fingerprint density at radius 3 is 2.83 bits per heavy atom. The van der Waals surface area contributed by atoms with Gasteiger partial charge in [-0.1, -0.05) is 0 Å². The highest BCUT2D eigenvalue weighted by Crippen LogP contribution is 2.08. The van der Waals surface area contributed by atoms with Crippen LogP contribution in [0.4, 0.5) is 0 Å². The Hall–Kier alpha value is -2.10. The van der Waals surface area contributed by atoms with E-state index in [1.54, 1.807) is 0 Å². The molecule has 1 heterocycles. The summed E-state index contributed by atoms with van der Waals surface area (Å²) in [6.45, 7) is 0. The molecule has 2 amide bonds. The van der Waals surface area contributed by atoms with Crippen molar-refractivity contribution < 1.29 is 19.5 Å². The molecule has 0 saturated carbocycles. The molecule has 1 aliphatic rings. The number of carboxylic acids is 1. The lowest BCUT2D eigenvalue weighted by Crippen LogP contribution is -2.48. The van der Waals surface area contributed by atoms with E-state index in [1.807, 2.05) is 6.07 Å². The third kappa shape index (κ3) is 4.05. The number of carboxylic acid groups (broad SMARTS) is 1. The Morgan fingerprint density at radius 1 is 1.61 bits per heavy atom. The summed E-state index contributed by atoms with van der Waals surface area (Å²) in [6, 6.07) is 0.260. The molecule has 1 aliphatic heterocycles. The first-order valence-corrected chi connectivity index (χ1v) is 5.74. The van der Waals surface area contributed by atoms with Crippen LogP contribution in [0.1, 0.15) is 32.1 Å². The second-order valence-electron chi connectivity index (χ2n) is 4.11. The minimum Gasteiger partial charge on any atom is -0.480 e. The van der Waals surface area contributed by atoms with Crippen LogP contribution < -0.4 is 10.6 Å². The number of carbonyl (C=O) groups excluding carboxylic acids is 2. The smallest absolute Gasteiger partial charge is 0.326 e. The quantitative estimate of drug-likeness (QED) is 0.553. The van der Waals surface area contributed by atoms with Gasteiger partial charge >= 0.3 is 5.97 Å². The van der Waals surface area contributed by atoms with Crippen molar-refractivity contribution in [2.24, 2.45) is 0 Å². The van der Waals surface area contributed by atoms with Gasteiger partial charge in [0.1, 0.15) is 12.1 Å². The van der Waals surface area contributed by atoms with Crippen LogP contribution in [0.25, 0.3) is 0 Å². The van der Waals surface area contributed by atoms with Crippen LogP contribution in [0.2, 0.25) is 0 Å². The molecule has 18 heavy (non-hydrogen) atoms. The molecule has 2 atom stereocenters. The fraction of sp³-hybridized carbons (Fsp3) is 0.636. The number of amides is 2. The maximum absolute atomic E-state index is 11.7. The van der Waals surface area contributed by atoms with Crippen LogP contribution in [0.3, 0.4) is 0 Å². The maximum Gasteiger partial charge on any atom is 0.326 e. The van der Waals surface area contributed by atoms with Crippen molar-refractivity contribution in [3.05, 3.63) is 0 Å². The topological polar surface area (TPSA) is 119 Å². The van der Waals surface area contributed by atoms with E-state index >= 15 is 0 Å². The van der Waals surface area contributed by atoms with Gasteiger partial charge in [0.25, 0.3) is 0 Å². The second-order valence-corrected chi connectivity index (χ2v) is 4.11. The standard InChI is InChI=1S/C11H15N3O4/c12-6-2-1-3-8(11(17)18)14-10(16)7-4-5-9(15)13-7/h7-8H,1-5H2,(H,13,15)(H,14,16)(H,17,18)/t7-,8-/m1/s1. The summed E-state index contributed by atoms with van der Waals surface area (Å²) in [5.74, 6) is -1.82. The Morgan fingerprint density at radius 2 is 2.33 bits per heavy atom. The Labute approximate surface area is 104 Å². The Bertz CT molecular complexity index is 388. The molecule has 0 spiro atoms. The summed E-state index contributed by atoms with van der Waals surface area (Å²) in [5.41, 5.74) is 0. The van der Waals surface area contributed by atoms with Gasteiger partial charge < -0.3 is 15.7 Å². The molecule has 0 bridgehead atoms. The van der Waals surface area contributed by atoms with Crippen molar-refractivity contribution >= 4 is 17.8 Å². The number of aliphatic carboxylic acids is 1. The lowest BCUT2D eigenvalue weighted by Gasteiger charge is -2.16. The zero-order valence-corrected chi connectivity index (χ0v) is 9.81. The first-order chi connectivity index (χ1) is 8.54. The number of carbonyl (C=O) groups is 3. The summed E-state index contributed by atoms with van der Waals surface area (Å²) in [5, 5.41) is 22.1. The van der Waals surface area contributed by atoms with Gasteiger partial charge in [0.05, 0.1) is 6.07 Å². The van der Waals surface area contributed by atoms with E-state index in [0.717, 1.165) is 0 Å². The van der Waals surface area contributed by atoms with E-state index < -0.39 is 24.0 Å². The van der Waals surface area contributed by atoms with Crippen LogP contribution in [-0.4, -0.2) is 35.0 Å². The van der Waals surface area contributed by atoms with Crippen LogP contribution in [0.5, 0.6) is 0 Å². The maximum atomic E-state index is 11.7. The average Bonchev–Trinajstić information content (AvgIpc) is 2.74. The first-order valence-electron chi connectivity index (χ1n) is 5.74. The van der Waals surface area contributed by atoms with Crippen LogP contribution in [0, 0.1) is 11.3 Å². The lowest BCUT2D eigenvalue weighted by atomic mass is 10.1. The number of nitrogens with one attached hydrogen (secondary N) is 2. The summed E-state index contributed by atoms with van der Waals surface area (Å²) >= 11 is 0. The monoisotopic (exact) mass is 253 g/mol. The van der Waals surface area contributed by atoms with Crippen LogP contribution in [-0.2, 0) is 14.4 Å². The van der Waals surface area contributed by atoms with Gasteiger partial charge in [-0.3, -0.25) is 9.59 Å². The Kier molecular flexibility index (Phi) is 5.11. The van der Waals surface area contributed by atoms with Crippen molar-refractivity contribution in [2.75, 3.05) is 0 Å². The largest absolute Gasteiger partial charge is 0.480 e. The number of rotatable bonds is 6. The third-order valence-electron chi connectivity index (χ3n) is 2.71. The minimum atomic E-state index is -1.13. The van der Waals surface area contributed by atoms with Gasteiger partial charge in [-0.15, -0.1) is 0 Å². The molecular weight excluding hydrogens is 238 g/mol. The highest BCUT2D eigenvalue weighted by Gasteiger charge is 2.30. The number of nitriles is 1. The second kappa shape index (κ2) is 6.59. The summed E-state index contributed by atoms with van der Waals surface area (Å²) < 4.78 is 0. The molecule has 0 aliphatic carbocycles. The highest BCUT2D eigenvalue weighted by molar-refractivity contribution is 5.92. The van der Waals surface area contributed by atoms with Crippen molar-refractivity contribution in [1.82, 2.24) is 10.6 Å². The van der Waals surface area contributed by atoms with Crippen molar-refractivity contribution in [1.29, 1.82) is 5.26 Å². The molecule has 0 aromatic carbocycles. The third-order valence-corrected chi connectivity index (χ3v) is 2.71. The van der Waals surface area contributed by atoms with Gasteiger partial charge in [-0.25, -0.2) is 4.79 Å². The van der Waals surface area contributed by atoms with Gasteiger partial charge in [0, 0.05) is 12.8 Å². The zero-order valence-electron chi connectivity index (χ0n) is 9.81. The molecule has 0 aromatic heterocycles. The fourth-order valence-electron chi connectivity index (χ4n) is 1.73. The first kappa shape index (κ1) is 14.0. The molecule has 1 fully saturated rings. The lowest BCUT2D eigenvalue weighted by molar-refractivity contribution is -0.142. The predicted molar refractivity (Wildman–Crippen MR) is 60.2 cm³/mol. The van der Waals surface area contributed by atoms with E-state index in [2.05, 4.69) is 10.6 Å². The molecule has 98 valence electrons. The van der Waals surface area contributed by atoms with Crippen molar-refractivity contribution in [3.63, 3.8) is 0 Å². The SMILES string of the molecule is N#CCCC[C@@H](NC(=O)[C@H]1CCC(=O)N1)C(=O)O. The van der Waals surface area contributed by atoms with E-state index in [1.165, 1.54) is 0 Å². The van der Waals surface area contributed by atoms with E-state index in [-0.39, 0.29) is 25.2 Å². The molecule has 0 aromatic rings. The van der Waals surface area contributed by atoms with Crippen molar-refractivity contribution in [3.8, 4) is 6.07 Å². The van der Waals surface area contributed by atoms with Gasteiger partial charge in [0.2, 0.25) is 11.8 Å². The molecular formula is C11H15N3O4. The molecule has 7 heteroatoms. The molecule has 7 nitrogen and oxygen atoms in total. The predicted octanol–water partition coefficient (Wildman–Crippen LogP) is -0.472. The van der Waals surface area contributed by atoms with Gasteiger partial charge in [0.15, 0.2) is 0 Å². The van der Waals surface area contributed by atoms with Crippen LogP contribution in [0.15, 0.2) is 0 Å². The summed E-state index contributed by atoms with van der Waals surface area (Å²) in [7, 11) is 0. The summed E-state index contributed by atoms with van der Waals surface area (Å²) in [6.07, 6.45) is 1.53. The molecule has 1 saturated heterocycles. The summed E-state index contributed by atoms with van der Waals surface area (Å²) in [4.78, 5) is 33.6. The molecule has 0 radical (unpaired) electrons. The zero-order chi connectivity index (χ0) is 13.5. The minimum absolute atomic E-state index is 0.202. The number of unbranched alkanes of at least 4 members (excludes halogenated alkanes) is 1. The number of hydrogen-bond acceptors (Lipinski definition) is 4. The van der Waals surface area contributed by atoms with Crippen LogP contribution >= 0.6 is 0 Å².